The van der Waals surface area contributed by atoms with Crippen LogP contribution < -0.4 is 11.1 Å². The third-order valence-corrected chi connectivity index (χ3v) is 4.58. The highest BCUT2D eigenvalue weighted by atomic mass is 35.5. The van der Waals surface area contributed by atoms with Crippen molar-refractivity contribution in [3.63, 3.8) is 0 Å². The van der Waals surface area contributed by atoms with E-state index in [2.05, 4.69) is 5.32 Å². The molecule has 0 aromatic heterocycles. The van der Waals surface area contributed by atoms with Gasteiger partial charge in [0.05, 0.1) is 10.8 Å². The van der Waals surface area contributed by atoms with Gasteiger partial charge in [-0.2, -0.15) is 0 Å². The molecule has 2 aromatic carbocycles. The minimum Gasteiger partial charge on any atom is -0.366 e. The van der Waals surface area contributed by atoms with Gasteiger partial charge in [-0.15, -0.1) is 11.8 Å². The van der Waals surface area contributed by atoms with Crippen LogP contribution in [-0.4, -0.2) is 17.6 Å². The fourth-order valence-corrected chi connectivity index (χ4v) is 2.97. The van der Waals surface area contributed by atoms with Crippen LogP contribution in [-0.2, 0) is 4.79 Å². The van der Waals surface area contributed by atoms with E-state index in [1.54, 1.807) is 31.2 Å². The molecule has 6 heteroatoms. The Labute approximate surface area is 138 Å². The maximum atomic E-state index is 12.0. The summed E-state index contributed by atoms with van der Waals surface area (Å²) in [5.74, 6) is -0.460. The van der Waals surface area contributed by atoms with E-state index in [9.17, 15) is 9.59 Å². The molecule has 0 heterocycles. The van der Waals surface area contributed by atoms with Gasteiger partial charge in [-0.25, -0.2) is 0 Å². The smallest absolute Gasteiger partial charge is 0.249 e. The normalized spacial score (nSPS) is 10.3. The van der Waals surface area contributed by atoms with Crippen molar-refractivity contribution in [1.29, 1.82) is 0 Å². The van der Waals surface area contributed by atoms with Gasteiger partial charge in [0, 0.05) is 16.1 Å². The summed E-state index contributed by atoms with van der Waals surface area (Å²) in [6.45, 7) is 1.75. The monoisotopic (exact) mass is 334 g/mol. The van der Waals surface area contributed by atoms with Gasteiger partial charge in [0.1, 0.15) is 0 Å². The maximum absolute atomic E-state index is 12.0. The number of hydrogen-bond donors (Lipinski definition) is 2. The van der Waals surface area contributed by atoms with E-state index in [1.165, 1.54) is 11.8 Å². The standard InChI is InChI=1S/C16H15ClN2O2S/c1-10-11(16(18)21)5-4-7-13(10)19-15(20)9-22-14-8-3-2-6-12(14)17/h2-8H,9H2,1H3,(H2,18,21)(H,19,20). The Morgan fingerprint density at radius 3 is 2.59 bits per heavy atom. The quantitative estimate of drug-likeness (QED) is 0.822. The number of benzene rings is 2. The third-order valence-electron chi connectivity index (χ3n) is 3.07. The summed E-state index contributed by atoms with van der Waals surface area (Å²) in [6.07, 6.45) is 0. The fraction of sp³-hybridized carbons (Fsp3) is 0.125. The Hall–Kier alpha value is -1.98. The number of primary amides is 1. The number of carbonyl (C=O) groups excluding carboxylic acids is 2. The number of nitrogens with two attached hydrogens (primary N) is 1. The molecule has 0 radical (unpaired) electrons. The van der Waals surface area contributed by atoms with Crippen LogP contribution in [0.25, 0.3) is 0 Å². The summed E-state index contributed by atoms with van der Waals surface area (Å²) >= 11 is 7.40. The first-order valence-electron chi connectivity index (χ1n) is 6.55. The lowest BCUT2D eigenvalue weighted by atomic mass is 10.1. The molecule has 2 amide bonds. The second-order valence-corrected chi connectivity index (χ2v) is 6.03. The van der Waals surface area contributed by atoms with Crippen molar-refractivity contribution < 1.29 is 9.59 Å². The number of nitrogens with one attached hydrogen (secondary N) is 1. The van der Waals surface area contributed by atoms with Gasteiger partial charge < -0.3 is 11.1 Å². The van der Waals surface area contributed by atoms with Crippen LogP contribution in [0.15, 0.2) is 47.4 Å². The molecule has 0 spiro atoms. The van der Waals surface area contributed by atoms with E-state index in [-0.39, 0.29) is 11.7 Å². The van der Waals surface area contributed by atoms with Crippen LogP contribution in [0.1, 0.15) is 15.9 Å². The fourth-order valence-electron chi connectivity index (χ4n) is 1.93. The third kappa shape index (κ3) is 4.02. The zero-order valence-corrected chi connectivity index (χ0v) is 13.5. The number of anilines is 1. The van der Waals surface area contributed by atoms with Gasteiger partial charge in [-0.3, -0.25) is 9.59 Å². The molecule has 4 nitrogen and oxygen atoms in total. The van der Waals surface area contributed by atoms with E-state index in [0.717, 1.165) is 4.90 Å². The highest BCUT2D eigenvalue weighted by Crippen LogP contribution is 2.27. The summed E-state index contributed by atoms with van der Waals surface area (Å²) < 4.78 is 0. The first-order valence-corrected chi connectivity index (χ1v) is 7.92. The first kappa shape index (κ1) is 16.4. The Morgan fingerprint density at radius 2 is 1.91 bits per heavy atom. The van der Waals surface area contributed by atoms with Gasteiger partial charge >= 0.3 is 0 Å². The van der Waals surface area contributed by atoms with Gasteiger partial charge in [0.15, 0.2) is 0 Å². The van der Waals surface area contributed by atoms with Crippen LogP contribution in [0.2, 0.25) is 5.02 Å². The average Bonchev–Trinajstić information content (AvgIpc) is 2.48. The van der Waals surface area contributed by atoms with Crippen molar-refractivity contribution in [3.05, 3.63) is 58.6 Å². The predicted molar refractivity (Wildman–Crippen MR) is 90.5 cm³/mol. The molecule has 0 saturated heterocycles. The second-order valence-electron chi connectivity index (χ2n) is 4.61. The summed E-state index contributed by atoms with van der Waals surface area (Å²) in [4.78, 5) is 24.2. The number of halogens is 1. The Morgan fingerprint density at radius 1 is 1.18 bits per heavy atom. The molecule has 0 bridgehead atoms. The molecule has 0 aliphatic carbocycles. The molecular weight excluding hydrogens is 320 g/mol. The zero-order valence-electron chi connectivity index (χ0n) is 11.9. The van der Waals surface area contributed by atoms with Crippen molar-refractivity contribution in [2.45, 2.75) is 11.8 Å². The predicted octanol–water partition coefficient (Wildman–Crippen LogP) is 3.48. The largest absolute Gasteiger partial charge is 0.366 e. The van der Waals surface area contributed by atoms with Crippen LogP contribution in [0.4, 0.5) is 5.69 Å². The van der Waals surface area contributed by atoms with Gasteiger partial charge in [0.25, 0.3) is 0 Å². The first-order chi connectivity index (χ1) is 10.5. The van der Waals surface area contributed by atoms with Gasteiger partial charge in [-0.05, 0) is 36.8 Å². The van der Waals surface area contributed by atoms with E-state index in [4.69, 9.17) is 17.3 Å². The van der Waals surface area contributed by atoms with Crippen LogP contribution in [0.3, 0.4) is 0 Å². The van der Waals surface area contributed by atoms with Crippen molar-refractivity contribution in [2.75, 3.05) is 11.1 Å². The van der Waals surface area contributed by atoms with E-state index in [1.807, 2.05) is 18.2 Å². The van der Waals surface area contributed by atoms with Crippen molar-refractivity contribution >= 4 is 40.9 Å². The Balaban J connectivity index is 2.02. The topological polar surface area (TPSA) is 72.2 Å². The second kappa shape index (κ2) is 7.33. The highest BCUT2D eigenvalue weighted by molar-refractivity contribution is 8.00. The summed E-state index contributed by atoms with van der Waals surface area (Å²) in [6, 6.07) is 12.4. The maximum Gasteiger partial charge on any atom is 0.249 e. The van der Waals surface area contributed by atoms with Crippen LogP contribution >= 0.6 is 23.4 Å². The molecule has 0 atom stereocenters. The molecule has 3 N–H and O–H groups in total. The van der Waals surface area contributed by atoms with Crippen molar-refractivity contribution in [3.8, 4) is 0 Å². The highest BCUT2D eigenvalue weighted by Gasteiger charge is 2.11. The van der Waals surface area contributed by atoms with Crippen LogP contribution in [0, 0.1) is 6.92 Å². The molecule has 2 aromatic rings. The molecule has 0 aliphatic rings. The average molecular weight is 335 g/mol. The summed E-state index contributed by atoms with van der Waals surface area (Å²) in [5.41, 5.74) is 6.94. The SMILES string of the molecule is Cc1c(NC(=O)CSc2ccccc2Cl)cccc1C(N)=O. The van der Waals surface area contributed by atoms with Crippen molar-refractivity contribution in [1.82, 2.24) is 0 Å². The lowest BCUT2D eigenvalue weighted by Gasteiger charge is -2.11. The van der Waals surface area contributed by atoms with Gasteiger partial charge in [-0.1, -0.05) is 29.8 Å². The molecule has 0 saturated carbocycles. The Kier molecular flexibility index (Phi) is 5.46. The molecule has 114 valence electrons. The number of thioether (sulfide) groups is 1. The minimum atomic E-state index is -0.515. The van der Waals surface area contributed by atoms with E-state index < -0.39 is 5.91 Å². The molecule has 0 fully saturated rings. The molecule has 0 aliphatic heterocycles. The van der Waals surface area contributed by atoms with Crippen LogP contribution in [0.5, 0.6) is 0 Å². The molecule has 0 unspecified atom stereocenters. The number of hydrogen-bond acceptors (Lipinski definition) is 3. The summed E-state index contributed by atoms with van der Waals surface area (Å²) in [7, 11) is 0. The minimum absolute atomic E-state index is 0.172. The Bertz CT molecular complexity index is 719. The number of carbonyl (C=O) groups is 2. The molecule has 22 heavy (non-hydrogen) atoms. The van der Waals surface area contributed by atoms with E-state index in [0.29, 0.717) is 21.8 Å². The zero-order chi connectivity index (χ0) is 16.1. The summed E-state index contributed by atoms with van der Waals surface area (Å²) in [5, 5.41) is 3.40. The van der Waals surface area contributed by atoms with Crippen molar-refractivity contribution in [2.24, 2.45) is 5.73 Å². The lowest BCUT2D eigenvalue weighted by molar-refractivity contribution is -0.113. The number of rotatable bonds is 5. The van der Waals surface area contributed by atoms with E-state index >= 15 is 0 Å². The van der Waals surface area contributed by atoms with Gasteiger partial charge in [0.2, 0.25) is 11.8 Å². The molecular formula is C16H15ClN2O2S. The molecule has 2 rings (SSSR count). The number of amides is 2. The lowest BCUT2D eigenvalue weighted by Crippen LogP contribution is -2.17.